The summed E-state index contributed by atoms with van der Waals surface area (Å²) in [6.45, 7) is 7.26. The van der Waals surface area contributed by atoms with Gasteiger partial charge in [0.25, 0.3) is 0 Å². The first-order chi connectivity index (χ1) is 9.02. The van der Waals surface area contributed by atoms with Crippen LogP contribution in [-0.4, -0.2) is 30.4 Å². The Morgan fingerprint density at radius 1 is 1.53 bits per heavy atom. The molecule has 0 aliphatic carbocycles. The molecule has 1 saturated heterocycles. The van der Waals surface area contributed by atoms with Crippen LogP contribution in [0.2, 0.25) is 0 Å². The molecule has 0 spiro atoms. The number of rotatable bonds is 3. The van der Waals surface area contributed by atoms with E-state index in [1.54, 1.807) is 13.0 Å². The summed E-state index contributed by atoms with van der Waals surface area (Å²) in [5.74, 6) is -0.311. The number of aliphatic hydroxyl groups is 1. The minimum atomic E-state index is -0.679. The van der Waals surface area contributed by atoms with Crippen molar-refractivity contribution in [2.45, 2.75) is 45.4 Å². The summed E-state index contributed by atoms with van der Waals surface area (Å²) >= 11 is 0. The number of benzene rings is 1. The van der Waals surface area contributed by atoms with E-state index in [0.717, 1.165) is 18.7 Å². The summed E-state index contributed by atoms with van der Waals surface area (Å²) in [5.41, 5.74) is 1.56. The third-order valence-corrected chi connectivity index (χ3v) is 3.69. The third-order valence-electron chi connectivity index (χ3n) is 3.69. The van der Waals surface area contributed by atoms with Gasteiger partial charge >= 0.3 is 0 Å². The van der Waals surface area contributed by atoms with Crippen LogP contribution in [0, 0.1) is 5.82 Å². The molecule has 106 valence electrons. The molecule has 1 aromatic carbocycles. The van der Waals surface area contributed by atoms with Gasteiger partial charge in [-0.05, 0) is 38.5 Å². The fourth-order valence-electron chi connectivity index (χ4n) is 2.60. The number of ether oxygens (including phenoxy) is 1. The van der Waals surface area contributed by atoms with Gasteiger partial charge in [0, 0.05) is 17.8 Å². The van der Waals surface area contributed by atoms with Gasteiger partial charge in [0.1, 0.15) is 5.82 Å². The van der Waals surface area contributed by atoms with Crippen LogP contribution in [0.15, 0.2) is 18.2 Å². The number of hydrogen-bond acceptors (Lipinski definition) is 3. The normalized spacial score (nSPS) is 25.4. The van der Waals surface area contributed by atoms with Crippen LogP contribution in [0.25, 0.3) is 0 Å². The Bertz CT molecular complexity index is 436. The molecule has 1 aliphatic rings. The highest BCUT2D eigenvalue weighted by molar-refractivity contribution is 5.56. The average molecular weight is 267 g/mol. The number of halogens is 1. The second kappa shape index (κ2) is 5.88. The number of anilines is 1. The Morgan fingerprint density at radius 3 is 2.89 bits per heavy atom. The Morgan fingerprint density at radius 2 is 2.26 bits per heavy atom. The lowest BCUT2D eigenvalue weighted by Crippen LogP contribution is -2.49. The van der Waals surface area contributed by atoms with Crippen LogP contribution >= 0.6 is 0 Å². The monoisotopic (exact) mass is 267 g/mol. The molecule has 19 heavy (non-hydrogen) atoms. The fraction of sp³-hybridized carbons (Fsp3) is 0.600. The first kappa shape index (κ1) is 14.3. The summed E-state index contributed by atoms with van der Waals surface area (Å²) in [6, 6.07) is 4.91. The minimum Gasteiger partial charge on any atom is -0.389 e. The highest BCUT2D eigenvalue weighted by Gasteiger charge is 2.28. The van der Waals surface area contributed by atoms with Crippen LogP contribution < -0.4 is 4.90 Å². The molecule has 1 aromatic rings. The first-order valence-electron chi connectivity index (χ1n) is 6.88. The minimum absolute atomic E-state index is 0.148. The number of aliphatic hydroxyl groups excluding tert-OH is 1. The molecule has 0 amide bonds. The largest absolute Gasteiger partial charge is 0.389 e. The zero-order chi connectivity index (χ0) is 14.0. The molecule has 3 unspecified atom stereocenters. The lowest BCUT2D eigenvalue weighted by atomic mass is 10.0. The van der Waals surface area contributed by atoms with Crippen LogP contribution in [-0.2, 0) is 4.74 Å². The number of hydrogen-bond donors (Lipinski definition) is 1. The third kappa shape index (κ3) is 3.07. The molecule has 0 aromatic heterocycles. The summed E-state index contributed by atoms with van der Waals surface area (Å²) in [5, 5.41) is 9.86. The highest BCUT2D eigenvalue weighted by atomic mass is 19.1. The second-order valence-corrected chi connectivity index (χ2v) is 5.24. The van der Waals surface area contributed by atoms with Crippen molar-refractivity contribution in [1.82, 2.24) is 0 Å². The molecule has 3 atom stereocenters. The molecule has 1 fully saturated rings. The molecule has 0 radical (unpaired) electrons. The van der Waals surface area contributed by atoms with Crippen molar-refractivity contribution in [3.63, 3.8) is 0 Å². The van der Waals surface area contributed by atoms with Gasteiger partial charge in [-0.1, -0.05) is 6.92 Å². The lowest BCUT2D eigenvalue weighted by Gasteiger charge is -2.41. The van der Waals surface area contributed by atoms with Crippen LogP contribution in [0.1, 0.15) is 38.9 Å². The van der Waals surface area contributed by atoms with Gasteiger partial charge in [0.2, 0.25) is 0 Å². The molecule has 0 bridgehead atoms. The van der Waals surface area contributed by atoms with Crippen molar-refractivity contribution in [2.75, 3.05) is 18.1 Å². The average Bonchev–Trinajstić information content (AvgIpc) is 2.38. The Balaban J connectivity index is 2.38. The lowest BCUT2D eigenvalue weighted by molar-refractivity contribution is 0.0297. The zero-order valence-corrected chi connectivity index (χ0v) is 11.8. The summed E-state index contributed by atoms with van der Waals surface area (Å²) in [7, 11) is 0. The molecule has 3 nitrogen and oxygen atoms in total. The molecule has 2 rings (SSSR count). The van der Waals surface area contributed by atoms with Crippen molar-refractivity contribution in [3.05, 3.63) is 29.6 Å². The van der Waals surface area contributed by atoms with Gasteiger partial charge in [-0.2, -0.15) is 0 Å². The number of morpholine rings is 1. The van der Waals surface area contributed by atoms with E-state index >= 15 is 0 Å². The topological polar surface area (TPSA) is 32.7 Å². The van der Waals surface area contributed by atoms with Crippen molar-refractivity contribution in [3.8, 4) is 0 Å². The van der Waals surface area contributed by atoms with Crippen molar-refractivity contribution < 1.29 is 14.2 Å². The summed E-state index contributed by atoms with van der Waals surface area (Å²) in [6.07, 6.45) is 0.430. The van der Waals surface area contributed by atoms with Gasteiger partial charge in [-0.15, -0.1) is 0 Å². The van der Waals surface area contributed by atoms with Crippen LogP contribution in [0.4, 0.5) is 10.1 Å². The van der Waals surface area contributed by atoms with Gasteiger partial charge < -0.3 is 14.7 Å². The maximum absolute atomic E-state index is 13.4. The van der Waals surface area contributed by atoms with E-state index in [9.17, 15) is 9.50 Å². The molecular formula is C15H22FNO2. The Labute approximate surface area is 114 Å². The maximum atomic E-state index is 13.4. The van der Waals surface area contributed by atoms with E-state index in [2.05, 4.69) is 11.8 Å². The van der Waals surface area contributed by atoms with E-state index in [4.69, 9.17) is 4.74 Å². The van der Waals surface area contributed by atoms with E-state index < -0.39 is 6.10 Å². The van der Waals surface area contributed by atoms with E-state index in [0.29, 0.717) is 12.2 Å². The standard InChI is InChI=1S/C15H22FNO2/c1-4-13-9-19-10(2)8-17(13)15-6-5-12(16)7-14(15)11(3)18/h5-7,10-11,13,18H,4,8-9H2,1-3H3. The van der Waals surface area contributed by atoms with Gasteiger partial charge in [-0.25, -0.2) is 4.39 Å². The van der Waals surface area contributed by atoms with E-state index in [1.807, 2.05) is 6.92 Å². The van der Waals surface area contributed by atoms with Crippen LogP contribution in [0.5, 0.6) is 0 Å². The Kier molecular flexibility index (Phi) is 4.42. The fourth-order valence-corrected chi connectivity index (χ4v) is 2.60. The SMILES string of the molecule is CCC1COC(C)CN1c1ccc(F)cc1C(C)O. The van der Waals surface area contributed by atoms with Crippen molar-refractivity contribution >= 4 is 5.69 Å². The molecule has 1 heterocycles. The van der Waals surface area contributed by atoms with Crippen molar-refractivity contribution in [2.24, 2.45) is 0 Å². The molecule has 1 N–H and O–H groups in total. The Hall–Kier alpha value is -1.13. The summed E-state index contributed by atoms with van der Waals surface area (Å²) in [4.78, 5) is 2.23. The molecular weight excluding hydrogens is 245 g/mol. The quantitative estimate of drug-likeness (QED) is 0.914. The van der Waals surface area contributed by atoms with Gasteiger partial charge in [-0.3, -0.25) is 0 Å². The van der Waals surface area contributed by atoms with Crippen molar-refractivity contribution in [1.29, 1.82) is 0 Å². The smallest absolute Gasteiger partial charge is 0.123 e. The van der Waals surface area contributed by atoms with E-state index in [-0.39, 0.29) is 18.0 Å². The number of nitrogens with zero attached hydrogens (tertiary/aromatic N) is 1. The maximum Gasteiger partial charge on any atom is 0.123 e. The van der Waals surface area contributed by atoms with Gasteiger partial charge in [0.05, 0.1) is 24.9 Å². The highest BCUT2D eigenvalue weighted by Crippen LogP contribution is 2.31. The zero-order valence-electron chi connectivity index (χ0n) is 11.8. The first-order valence-corrected chi connectivity index (χ1v) is 6.88. The predicted octanol–water partition coefficient (Wildman–Crippen LogP) is 2.88. The van der Waals surface area contributed by atoms with Crippen LogP contribution in [0.3, 0.4) is 0 Å². The molecule has 1 aliphatic heterocycles. The molecule has 4 heteroatoms. The summed E-state index contributed by atoms with van der Waals surface area (Å²) < 4.78 is 19.1. The van der Waals surface area contributed by atoms with Gasteiger partial charge in [0.15, 0.2) is 0 Å². The predicted molar refractivity (Wildman–Crippen MR) is 73.9 cm³/mol. The second-order valence-electron chi connectivity index (χ2n) is 5.24. The van der Waals surface area contributed by atoms with E-state index in [1.165, 1.54) is 12.1 Å². The molecule has 0 saturated carbocycles.